The average Bonchev–Trinajstić information content (AvgIpc) is 2.51. The molecule has 0 radical (unpaired) electrons. The minimum absolute atomic E-state index is 0.0665. The number of hydrogen-bond acceptors (Lipinski definition) is 3. The van der Waals surface area contributed by atoms with Crippen LogP contribution >= 0.6 is 0 Å². The Morgan fingerprint density at radius 2 is 2.19 bits per heavy atom. The Labute approximate surface area is 128 Å². The van der Waals surface area contributed by atoms with Gasteiger partial charge in [0.25, 0.3) is 0 Å². The van der Waals surface area contributed by atoms with E-state index in [2.05, 4.69) is 19.2 Å². The summed E-state index contributed by atoms with van der Waals surface area (Å²) in [7, 11) is 1.65. The van der Waals surface area contributed by atoms with Crippen molar-refractivity contribution in [2.24, 2.45) is 5.73 Å². The first kappa shape index (κ1) is 17.5. The van der Waals surface area contributed by atoms with Gasteiger partial charge in [0.05, 0.1) is 7.11 Å². The molecule has 0 aliphatic rings. The van der Waals surface area contributed by atoms with Gasteiger partial charge in [-0.2, -0.15) is 0 Å². The average molecular weight is 292 g/mol. The van der Waals surface area contributed by atoms with Crippen LogP contribution in [0.1, 0.15) is 51.0 Å². The van der Waals surface area contributed by atoms with E-state index in [1.807, 2.05) is 24.3 Å². The minimum Gasteiger partial charge on any atom is -0.497 e. The van der Waals surface area contributed by atoms with Gasteiger partial charge in [0.1, 0.15) is 5.75 Å². The molecule has 0 saturated carbocycles. The number of amides is 1. The lowest BCUT2D eigenvalue weighted by Gasteiger charge is -2.18. The molecule has 0 aliphatic carbocycles. The second kappa shape index (κ2) is 9.40. The molecule has 0 saturated heterocycles. The molecule has 0 aliphatic heterocycles. The molecule has 118 valence electrons. The predicted octanol–water partition coefficient (Wildman–Crippen LogP) is 2.82. The van der Waals surface area contributed by atoms with Gasteiger partial charge >= 0.3 is 0 Å². The molecule has 0 heterocycles. The second-order valence-electron chi connectivity index (χ2n) is 5.52. The smallest absolute Gasteiger partial charge is 0.220 e. The molecular formula is C17H28N2O2. The number of ether oxygens (including phenoxy) is 1. The number of carbonyl (C=O) groups is 1. The zero-order valence-electron chi connectivity index (χ0n) is 13.4. The number of nitrogens with two attached hydrogens (primary N) is 1. The molecule has 0 bridgehead atoms. The Hall–Kier alpha value is -1.55. The fourth-order valence-electron chi connectivity index (χ4n) is 2.33. The van der Waals surface area contributed by atoms with E-state index in [4.69, 9.17) is 10.5 Å². The number of rotatable bonds is 9. The third kappa shape index (κ3) is 6.17. The van der Waals surface area contributed by atoms with Gasteiger partial charge in [0.15, 0.2) is 0 Å². The van der Waals surface area contributed by atoms with Gasteiger partial charge in [-0.25, -0.2) is 0 Å². The summed E-state index contributed by atoms with van der Waals surface area (Å²) in [4.78, 5) is 12.1. The van der Waals surface area contributed by atoms with Crippen molar-refractivity contribution < 1.29 is 9.53 Å². The number of carbonyl (C=O) groups excluding carboxylic acids is 1. The summed E-state index contributed by atoms with van der Waals surface area (Å²) >= 11 is 0. The van der Waals surface area contributed by atoms with E-state index in [0.717, 1.165) is 30.6 Å². The van der Waals surface area contributed by atoms with Gasteiger partial charge in [0.2, 0.25) is 5.91 Å². The largest absolute Gasteiger partial charge is 0.497 e. The Kier molecular flexibility index (Phi) is 7.83. The molecule has 21 heavy (non-hydrogen) atoms. The van der Waals surface area contributed by atoms with Crippen molar-refractivity contribution in [3.63, 3.8) is 0 Å². The maximum atomic E-state index is 12.1. The Morgan fingerprint density at radius 3 is 2.81 bits per heavy atom. The summed E-state index contributed by atoms with van der Waals surface area (Å²) in [5.41, 5.74) is 6.82. The van der Waals surface area contributed by atoms with Crippen LogP contribution in [0.2, 0.25) is 0 Å². The van der Waals surface area contributed by atoms with Crippen molar-refractivity contribution in [3.8, 4) is 5.75 Å². The van der Waals surface area contributed by atoms with Crippen molar-refractivity contribution in [2.45, 2.75) is 51.5 Å². The summed E-state index contributed by atoms with van der Waals surface area (Å²) in [6, 6.07) is 7.96. The minimum atomic E-state index is 0.0665. The lowest BCUT2D eigenvalue weighted by molar-refractivity contribution is -0.122. The Balaban J connectivity index is 2.52. The lowest BCUT2D eigenvalue weighted by Crippen LogP contribution is -2.40. The maximum Gasteiger partial charge on any atom is 0.220 e. The third-order valence-electron chi connectivity index (χ3n) is 3.71. The normalized spacial score (nSPS) is 13.5. The number of hydrogen-bond donors (Lipinski definition) is 2. The van der Waals surface area contributed by atoms with E-state index in [0.29, 0.717) is 13.0 Å². The van der Waals surface area contributed by atoms with Gasteiger partial charge in [0, 0.05) is 19.0 Å². The zero-order valence-corrected chi connectivity index (χ0v) is 13.4. The monoisotopic (exact) mass is 292 g/mol. The molecule has 3 N–H and O–H groups in total. The highest BCUT2D eigenvalue weighted by Gasteiger charge is 2.15. The number of nitrogens with one attached hydrogen (secondary N) is 1. The SMILES string of the molecule is CCCCC(CN)NC(=O)CC(C)c1cccc(OC)c1. The fraction of sp³-hybridized carbons (Fsp3) is 0.588. The predicted molar refractivity (Wildman–Crippen MR) is 86.5 cm³/mol. The van der Waals surface area contributed by atoms with E-state index in [1.54, 1.807) is 7.11 Å². The quantitative estimate of drug-likeness (QED) is 0.735. The standard InChI is InChI=1S/C17H28N2O2/c1-4-5-8-15(12-18)19-17(20)10-13(2)14-7-6-9-16(11-14)21-3/h6-7,9,11,13,15H,4-5,8,10,12,18H2,1-3H3,(H,19,20). The van der Waals surface area contributed by atoms with Crippen LogP contribution in [0.3, 0.4) is 0 Å². The van der Waals surface area contributed by atoms with E-state index in [1.165, 1.54) is 0 Å². The molecule has 4 nitrogen and oxygen atoms in total. The highest BCUT2D eigenvalue weighted by Crippen LogP contribution is 2.23. The van der Waals surface area contributed by atoms with Crippen LogP contribution in [-0.4, -0.2) is 25.6 Å². The molecular weight excluding hydrogens is 264 g/mol. The second-order valence-corrected chi connectivity index (χ2v) is 5.52. The van der Waals surface area contributed by atoms with Crippen LogP contribution in [0, 0.1) is 0 Å². The van der Waals surface area contributed by atoms with Gasteiger partial charge in [-0.15, -0.1) is 0 Å². The first-order valence-corrected chi connectivity index (χ1v) is 7.74. The van der Waals surface area contributed by atoms with Gasteiger partial charge in [-0.1, -0.05) is 38.8 Å². The molecule has 1 aromatic rings. The van der Waals surface area contributed by atoms with Crippen molar-refractivity contribution >= 4 is 5.91 Å². The highest BCUT2D eigenvalue weighted by molar-refractivity contribution is 5.77. The van der Waals surface area contributed by atoms with Crippen molar-refractivity contribution in [3.05, 3.63) is 29.8 Å². The van der Waals surface area contributed by atoms with Crippen LogP contribution < -0.4 is 15.8 Å². The van der Waals surface area contributed by atoms with E-state index >= 15 is 0 Å². The molecule has 1 amide bonds. The zero-order chi connectivity index (χ0) is 15.7. The molecule has 2 unspecified atom stereocenters. The van der Waals surface area contributed by atoms with Crippen LogP contribution in [0.25, 0.3) is 0 Å². The summed E-state index contributed by atoms with van der Waals surface area (Å²) in [5, 5.41) is 3.04. The highest BCUT2D eigenvalue weighted by atomic mass is 16.5. The summed E-state index contributed by atoms with van der Waals surface area (Å²) in [6.07, 6.45) is 3.63. The van der Waals surface area contributed by atoms with Crippen molar-refractivity contribution in [1.29, 1.82) is 0 Å². The van der Waals surface area contributed by atoms with Crippen molar-refractivity contribution in [2.75, 3.05) is 13.7 Å². The molecule has 2 atom stereocenters. The van der Waals surface area contributed by atoms with Crippen LogP contribution in [0.15, 0.2) is 24.3 Å². The van der Waals surface area contributed by atoms with E-state index in [9.17, 15) is 4.79 Å². The summed E-state index contributed by atoms with van der Waals surface area (Å²) < 4.78 is 5.22. The van der Waals surface area contributed by atoms with Crippen molar-refractivity contribution in [1.82, 2.24) is 5.32 Å². The first-order chi connectivity index (χ1) is 10.1. The van der Waals surface area contributed by atoms with Crippen LogP contribution in [0.5, 0.6) is 5.75 Å². The van der Waals surface area contributed by atoms with Gasteiger partial charge < -0.3 is 15.8 Å². The van der Waals surface area contributed by atoms with Crippen LogP contribution in [0.4, 0.5) is 0 Å². The molecule has 1 aromatic carbocycles. The number of unbranched alkanes of at least 4 members (excludes halogenated alkanes) is 1. The molecule has 0 aromatic heterocycles. The fourth-order valence-corrected chi connectivity index (χ4v) is 2.33. The van der Waals surface area contributed by atoms with E-state index in [-0.39, 0.29) is 17.9 Å². The summed E-state index contributed by atoms with van der Waals surface area (Å²) in [5.74, 6) is 1.05. The number of benzene rings is 1. The topological polar surface area (TPSA) is 64.3 Å². The van der Waals surface area contributed by atoms with E-state index < -0.39 is 0 Å². The van der Waals surface area contributed by atoms with Crippen LogP contribution in [-0.2, 0) is 4.79 Å². The third-order valence-corrected chi connectivity index (χ3v) is 3.71. The molecule has 0 spiro atoms. The maximum absolute atomic E-state index is 12.1. The lowest BCUT2D eigenvalue weighted by atomic mass is 9.97. The van der Waals surface area contributed by atoms with Gasteiger partial charge in [-0.3, -0.25) is 4.79 Å². The summed E-state index contributed by atoms with van der Waals surface area (Å²) in [6.45, 7) is 4.69. The molecule has 4 heteroatoms. The Morgan fingerprint density at radius 1 is 1.43 bits per heavy atom. The molecule has 1 rings (SSSR count). The van der Waals surface area contributed by atoms with Gasteiger partial charge in [-0.05, 0) is 30.0 Å². The molecule has 0 fully saturated rings. The Bertz CT molecular complexity index is 435. The first-order valence-electron chi connectivity index (χ1n) is 7.74. The number of methoxy groups -OCH3 is 1.